The molecule has 0 saturated heterocycles. The van der Waals surface area contributed by atoms with Crippen molar-refractivity contribution in [1.29, 1.82) is 0 Å². The summed E-state index contributed by atoms with van der Waals surface area (Å²) in [6.45, 7) is 0.360. The zero-order valence-electron chi connectivity index (χ0n) is 12.1. The molecule has 0 aliphatic heterocycles. The second-order valence-corrected chi connectivity index (χ2v) is 6.00. The summed E-state index contributed by atoms with van der Waals surface area (Å²) in [4.78, 5) is 16.3. The number of carbonyl (C=O) groups excluding carboxylic acids is 1. The van der Waals surface area contributed by atoms with Crippen LogP contribution in [0.5, 0.6) is 0 Å². The molecule has 0 radical (unpaired) electrons. The van der Waals surface area contributed by atoms with Crippen LogP contribution in [0.4, 0.5) is 10.5 Å². The molecular formula is C16H14IN5O. The Morgan fingerprint density at radius 2 is 1.96 bits per heavy atom. The van der Waals surface area contributed by atoms with Gasteiger partial charge in [-0.2, -0.15) is 5.10 Å². The Morgan fingerprint density at radius 3 is 2.70 bits per heavy atom. The first kappa shape index (κ1) is 15.5. The highest BCUT2D eigenvalue weighted by Crippen LogP contribution is 2.12. The topological polar surface area (TPSA) is 71.8 Å². The molecule has 0 fully saturated rings. The van der Waals surface area contributed by atoms with Crippen LogP contribution in [-0.4, -0.2) is 20.8 Å². The van der Waals surface area contributed by atoms with Crippen molar-refractivity contribution in [3.05, 3.63) is 70.2 Å². The molecule has 0 aliphatic rings. The van der Waals surface area contributed by atoms with E-state index in [-0.39, 0.29) is 6.03 Å². The van der Waals surface area contributed by atoms with Crippen molar-refractivity contribution >= 4 is 34.3 Å². The average molecular weight is 419 g/mol. The lowest BCUT2D eigenvalue weighted by molar-refractivity contribution is 0.251. The number of anilines is 1. The smallest absolute Gasteiger partial charge is 0.319 e. The Kier molecular flexibility index (Phi) is 4.86. The molecule has 0 unspecified atom stereocenters. The second kappa shape index (κ2) is 7.23. The molecule has 1 aromatic carbocycles. The molecule has 2 N–H and O–H groups in total. The third-order valence-electron chi connectivity index (χ3n) is 3.13. The maximum Gasteiger partial charge on any atom is 0.319 e. The van der Waals surface area contributed by atoms with E-state index in [1.54, 1.807) is 17.1 Å². The predicted octanol–water partition coefficient (Wildman–Crippen LogP) is 3.19. The number of amides is 2. The van der Waals surface area contributed by atoms with Gasteiger partial charge in [-0.05, 0) is 59.0 Å². The van der Waals surface area contributed by atoms with Gasteiger partial charge in [0.2, 0.25) is 0 Å². The van der Waals surface area contributed by atoms with Crippen molar-refractivity contribution in [2.24, 2.45) is 0 Å². The van der Waals surface area contributed by atoms with E-state index in [4.69, 9.17) is 0 Å². The first-order valence-corrected chi connectivity index (χ1v) is 8.04. The molecule has 0 atom stereocenters. The largest absolute Gasteiger partial charge is 0.334 e. The number of urea groups is 1. The van der Waals surface area contributed by atoms with E-state index >= 15 is 0 Å². The van der Waals surface area contributed by atoms with Gasteiger partial charge in [0.1, 0.15) is 0 Å². The van der Waals surface area contributed by atoms with Crippen molar-refractivity contribution in [3.8, 4) is 5.82 Å². The summed E-state index contributed by atoms with van der Waals surface area (Å²) in [6.07, 6.45) is 5.21. The maximum absolute atomic E-state index is 12.0. The van der Waals surface area contributed by atoms with Crippen LogP contribution < -0.4 is 10.6 Å². The molecule has 0 bridgehead atoms. The summed E-state index contributed by atoms with van der Waals surface area (Å²) in [6, 6.07) is 12.9. The van der Waals surface area contributed by atoms with Gasteiger partial charge in [-0.1, -0.05) is 6.07 Å². The fourth-order valence-electron chi connectivity index (χ4n) is 2.05. The van der Waals surface area contributed by atoms with Gasteiger partial charge in [-0.25, -0.2) is 14.5 Å². The lowest BCUT2D eigenvalue weighted by atomic mass is 10.2. The predicted molar refractivity (Wildman–Crippen MR) is 96.4 cm³/mol. The number of halogens is 1. The molecule has 116 valence electrons. The Bertz CT molecular complexity index is 786. The Hall–Kier alpha value is -2.42. The normalized spacial score (nSPS) is 10.3. The van der Waals surface area contributed by atoms with Gasteiger partial charge in [0, 0.05) is 40.0 Å². The Morgan fingerprint density at radius 1 is 1.13 bits per heavy atom. The number of rotatable bonds is 4. The van der Waals surface area contributed by atoms with Crippen molar-refractivity contribution in [2.75, 3.05) is 5.32 Å². The molecule has 2 heterocycles. The van der Waals surface area contributed by atoms with Crippen LogP contribution in [0.15, 0.2) is 61.1 Å². The lowest BCUT2D eigenvalue weighted by Gasteiger charge is -2.10. The monoisotopic (exact) mass is 419 g/mol. The van der Waals surface area contributed by atoms with Gasteiger partial charge >= 0.3 is 6.03 Å². The first-order valence-electron chi connectivity index (χ1n) is 6.97. The van der Waals surface area contributed by atoms with Crippen molar-refractivity contribution in [3.63, 3.8) is 0 Å². The van der Waals surface area contributed by atoms with Gasteiger partial charge in [-0.15, -0.1) is 0 Å². The minimum atomic E-state index is -0.263. The quantitative estimate of drug-likeness (QED) is 0.639. The van der Waals surface area contributed by atoms with Crippen LogP contribution in [0, 0.1) is 3.57 Å². The van der Waals surface area contributed by atoms with E-state index < -0.39 is 0 Å². The number of carbonyl (C=O) groups is 1. The number of hydrogen-bond acceptors (Lipinski definition) is 3. The fraction of sp³-hybridized carbons (Fsp3) is 0.0625. The third-order valence-corrected chi connectivity index (χ3v) is 3.85. The number of nitrogens with one attached hydrogen (secondary N) is 2. The molecule has 0 aliphatic carbocycles. The average Bonchev–Trinajstić information content (AvgIpc) is 3.10. The fourth-order valence-corrected chi connectivity index (χ4v) is 2.41. The minimum Gasteiger partial charge on any atom is -0.334 e. The summed E-state index contributed by atoms with van der Waals surface area (Å²) in [5, 5.41) is 9.80. The zero-order valence-corrected chi connectivity index (χ0v) is 14.3. The number of hydrogen-bond donors (Lipinski definition) is 2. The van der Waals surface area contributed by atoms with Crippen LogP contribution in [0.3, 0.4) is 0 Å². The molecule has 2 amide bonds. The van der Waals surface area contributed by atoms with E-state index in [1.807, 2.05) is 48.7 Å². The van der Waals surface area contributed by atoms with Crippen molar-refractivity contribution in [2.45, 2.75) is 6.54 Å². The molecular weight excluding hydrogens is 405 g/mol. The van der Waals surface area contributed by atoms with Gasteiger partial charge in [0.25, 0.3) is 0 Å². The van der Waals surface area contributed by atoms with Crippen LogP contribution in [-0.2, 0) is 6.54 Å². The van der Waals surface area contributed by atoms with Crippen molar-refractivity contribution < 1.29 is 4.79 Å². The molecule has 0 saturated carbocycles. The molecule has 3 aromatic rings. The highest BCUT2D eigenvalue weighted by atomic mass is 127. The van der Waals surface area contributed by atoms with E-state index in [0.717, 1.165) is 14.8 Å². The summed E-state index contributed by atoms with van der Waals surface area (Å²) in [7, 11) is 0. The lowest BCUT2D eigenvalue weighted by Crippen LogP contribution is -2.28. The summed E-state index contributed by atoms with van der Waals surface area (Å²) in [5.41, 5.74) is 1.63. The molecule has 6 nitrogen and oxygen atoms in total. The van der Waals surface area contributed by atoms with E-state index in [0.29, 0.717) is 12.4 Å². The number of nitrogens with zero attached hydrogens (tertiary/aromatic N) is 3. The van der Waals surface area contributed by atoms with Crippen LogP contribution in [0.25, 0.3) is 5.82 Å². The zero-order chi connectivity index (χ0) is 16.1. The van der Waals surface area contributed by atoms with Crippen LogP contribution in [0.1, 0.15) is 5.56 Å². The van der Waals surface area contributed by atoms with Gasteiger partial charge in [-0.3, -0.25) is 0 Å². The SMILES string of the molecule is O=C(NCc1cccnc1-n1cccn1)Nc1ccc(I)cc1. The van der Waals surface area contributed by atoms with Crippen LogP contribution in [0.2, 0.25) is 0 Å². The highest BCUT2D eigenvalue weighted by molar-refractivity contribution is 14.1. The molecule has 2 aromatic heterocycles. The number of aromatic nitrogens is 3. The minimum absolute atomic E-state index is 0.263. The third kappa shape index (κ3) is 4.07. The molecule has 3 rings (SSSR count). The number of pyridine rings is 1. The summed E-state index contributed by atoms with van der Waals surface area (Å²) in [5.74, 6) is 0.701. The first-order chi connectivity index (χ1) is 11.2. The molecule has 23 heavy (non-hydrogen) atoms. The van der Waals surface area contributed by atoms with E-state index in [1.165, 1.54) is 0 Å². The highest BCUT2D eigenvalue weighted by Gasteiger charge is 2.08. The van der Waals surface area contributed by atoms with Gasteiger partial charge in [0.15, 0.2) is 5.82 Å². The maximum atomic E-state index is 12.0. The second-order valence-electron chi connectivity index (χ2n) is 4.75. The molecule has 0 spiro atoms. The van der Waals surface area contributed by atoms with E-state index in [2.05, 4.69) is 43.3 Å². The van der Waals surface area contributed by atoms with Crippen LogP contribution >= 0.6 is 22.6 Å². The molecule has 7 heteroatoms. The van der Waals surface area contributed by atoms with Gasteiger partial charge < -0.3 is 10.6 Å². The summed E-state index contributed by atoms with van der Waals surface area (Å²) < 4.78 is 2.79. The standard InChI is InChI=1S/C16H14IN5O/c17-13-4-6-14(7-5-13)21-16(23)19-11-12-3-1-8-18-15(12)22-10-2-9-20-22/h1-10H,11H2,(H2,19,21,23). The number of benzene rings is 1. The van der Waals surface area contributed by atoms with Crippen molar-refractivity contribution in [1.82, 2.24) is 20.1 Å². The Labute approximate surface area is 147 Å². The van der Waals surface area contributed by atoms with E-state index in [9.17, 15) is 4.79 Å². The summed E-state index contributed by atoms with van der Waals surface area (Å²) >= 11 is 2.22. The van der Waals surface area contributed by atoms with Gasteiger partial charge in [0.05, 0.1) is 0 Å². The Balaban J connectivity index is 1.64.